The molecule has 104 valence electrons. The van der Waals surface area contributed by atoms with Crippen LogP contribution in [0.25, 0.3) is 0 Å². The quantitative estimate of drug-likeness (QED) is 0.819. The first kappa shape index (κ1) is 13.8. The molecule has 1 aromatic carbocycles. The fourth-order valence-electron chi connectivity index (χ4n) is 2.39. The average Bonchev–Trinajstić information content (AvgIpc) is 3.25. The van der Waals surface area contributed by atoms with Crippen LogP contribution in [0, 0.1) is 10.5 Å². The van der Waals surface area contributed by atoms with E-state index in [0.717, 1.165) is 18.1 Å². The first-order chi connectivity index (χ1) is 9.67. The Balaban J connectivity index is 1.94. The van der Waals surface area contributed by atoms with Gasteiger partial charge in [0.05, 0.1) is 9.26 Å². The Hall–Kier alpha value is -1.17. The summed E-state index contributed by atoms with van der Waals surface area (Å²) < 4.78 is 1.18. The van der Waals surface area contributed by atoms with Gasteiger partial charge in [0, 0.05) is 19.4 Å². The van der Waals surface area contributed by atoms with Crippen molar-refractivity contribution in [1.29, 1.82) is 0 Å². The van der Waals surface area contributed by atoms with Gasteiger partial charge in [0.2, 0.25) is 0 Å². The normalized spacial score (nSPS) is 14.3. The fourth-order valence-corrected chi connectivity index (χ4v) is 3.34. The van der Waals surface area contributed by atoms with Crippen LogP contribution < -0.4 is 5.32 Å². The van der Waals surface area contributed by atoms with Crippen LogP contribution in [-0.4, -0.2) is 17.0 Å². The number of hydrogen-bond acceptors (Lipinski definition) is 3. The molecule has 1 N–H and O–H groups in total. The Bertz CT molecular complexity index is 636. The molecule has 1 aromatic heterocycles. The molecule has 2 aromatic rings. The van der Waals surface area contributed by atoms with E-state index in [1.165, 1.54) is 33.2 Å². The fraction of sp³-hybridized carbons (Fsp3) is 0.375. The summed E-state index contributed by atoms with van der Waals surface area (Å²) in [5.74, 6) is 2.53. The maximum Gasteiger partial charge on any atom is 0.143 e. The lowest BCUT2D eigenvalue weighted by molar-refractivity contribution is 0.890. The highest BCUT2D eigenvalue weighted by Crippen LogP contribution is 2.42. The van der Waals surface area contributed by atoms with Gasteiger partial charge in [-0.2, -0.15) is 0 Å². The van der Waals surface area contributed by atoms with Gasteiger partial charge in [-0.1, -0.05) is 29.8 Å². The number of nitrogens with one attached hydrogen (secondary N) is 1. The molecule has 0 unspecified atom stereocenters. The van der Waals surface area contributed by atoms with Crippen LogP contribution in [-0.2, 0) is 6.42 Å². The van der Waals surface area contributed by atoms with E-state index in [9.17, 15) is 0 Å². The van der Waals surface area contributed by atoms with Gasteiger partial charge in [0.25, 0.3) is 0 Å². The van der Waals surface area contributed by atoms with Crippen molar-refractivity contribution in [2.75, 3.05) is 12.4 Å². The van der Waals surface area contributed by atoms with Gasteiger partial charge in [-0.3, -0.25) is 0 Å². The number of rotatable bonds is 4. The van der Waals surface area contributed by atoms with E-state index in [-0.39, 0.29) is 0 Å². The van der Waals surface area contributed by atoms with Crippen LogP contribution >= 0.6 is 22.6 Å². The minimum absolute atomic E-state index is 0.647. The van der Waals surface area contributed by atoms with E-state index in [2.05, 4.69) is 64.1 Å². The lowest BCUT2D eigenvalue weighted by Gasteiger charge is -2.11. The zero-order valence-corrected chi connectivity index (χ0v) is 13.9. The van der Waals surface area contributed by atoms with Crippen LogP contribution in [0.4, 0.5) is 5.82 Å². The minimum Gasteiger partial charge on any atom is -0.372 e. The summed E-state index contributed by atoms with van der Waals surface area (Å²) in [5, 5.41) is 3.20. The van der Waals surface area contributed by atoms with Gasteiger partial charge >= 0.3 is 0 Å². The Morgan fingerprint density at radius 1 is 1.30 bits per heavy atom. The Morgan fingerprint density at radius 2 is 2.10 bits per heavy atom. The molecule has 0 radical (unpaired) electrons. The average molecular weight is 379 g/mol. The highest BCUT2D eigenvalue weighted by Gasteiger charge is 2.29. The monoisotopic (exact) mass is 379 g/mol. The molecule has 0 atom stereocenters. The molecule has 0 bridgehead atoms. The highest BCUT2D eigenvalue weighted by atomic mass is 127. The number of hydrogen-bond donors (Lipinski definition) is 1. The van der Waals surface area contributed by atoms with Gasteiger partial charge in [-0.25, -0.2) is 9.97 Å². The van der Waals surface area contributed by atoms with Crippen molar-refractivity contribution >= 4 is 28.4 Å². The molecule has 4 heteroatoms. The van der Waals surface area contributed by atoms with E-state index in [4.69, 9.17) is 4.98 Å². The summed E-state index contributed by atoms with van der Waals surface area (Å²) in [4.78, 5) is 9.47. The summed E-state index contributed by atoms with van der Waals surface area (Å²) in [6, 6.07) is 8.56. The van der Waals surface area contributed by atoms with E-state index >= 15 is 0 Å². The Morgan fingerprint density at radius 3 is 2.75 bits per heavy atom. The molecule has 1 saturated carbocycles. The van der Waals surface area contributed by atoms with E-state index < -0.39 is 0 Å². The van der Waals surface area contributed by atoms with Crippen LogP contribution in [0.15, 0.2) is 24.3 Å². The lowest BCUT2D eigenvalue weighted by atomic mass is 10.1. The number of anilines is 1. The number of aromatic nitrogens is 2. The van der Waals surface area contributed by atoms with Gasteiger partial charge in [0.15, 0.2) is 0 Å². The van der Waals surface area contributed by atoms with Crippen molar-refractivity contribution in [2.24, 2.45) is 0 Å². The molecule has 1 fully saturated rings. The first-order valence-electron chi connectivity index (χ1n) is 6.97. The van der Waals surface area contributed by atoms with Crippen molar-refractivity contribution in [2.45, 2.75) is 32.1 Å². The SMILES string of the molecule is CNc1nc(Cc2cccc(C)c2)nc(C2CC2)c1I. The first-order valence-corrected chi connectivity index (χ1v) is 8.05. The molecule has 3 nitrogen and oxygen atoms in total. The minimum atomic E-state index is 0.647. The van der Waals surface area contributed by atoms with Crippen molar-refractivity contribution < 1.29 is 0 Å². The molecule has 3 rings (SSSR count). The second-order valence-corrected chi connectivity index (χ2v) is 6.46. The van der Waals surface area contributed by atoms with E-state index in [0.29, 0.717) is 5.92 Å². The maximum absolute atomic E-state index is 4.81. The predicted molar refractivity (Wildman–Crippen MR) is 90.3 cm³/mol. The maximum atomic E-state index is 4.81. The molecule has 0 saturated heterocycles. The predicted octanol–water partition coefficient (Wildman–Crippen LogP) is 3.90. The van der Waals surface area contributed by atoms with E-state index in [1.807, 2.05) is 7.05 Å². The second kappa shape index (κ2) is 5.68. The topological polar surface area (TPSA) is 37.8 Å². The van der Waals surface area contributed by atoms with Gasteiger partial charge in [0.1, 0.15) is 11.6 Å². The summed E-state index contributed by atoms with van der Waals surface area (Å²) in [6.07, 6.45) is 3.33. The Kier molecular flexibility index (Phi) is 3.92. The van der Waals surface area contributed by atoms with Crippen molar-refractivity contribution in [3.63, 3.8) is 0 Å². The molecule has 0 spiro atoms. The number of nitrogens with zero attached hydrogens (tertiary/aromatic N) is 2. The highest BCUT2D eigenvalue weighted by molar-refractivity contribution is 14.1. The molecule has 1 aliphatic rings. The van der Waals surface area contributed by atoms with E-state index in [1.54, 1.807) is 0 Å². The van der Waals surface area contributed by atoms with Crippen LogP contribution in [0.5, 0.6) is 0 Å². The van der Waals surface area contributed by atoms with Crippen molar-refractivity contribution in [3.8, 4) is 0 Å². The smallest absolute Gasteiger partial charge is 0.143 e. The molecular formula is C16H18IN3. The Labute approximate surface area is 133 Å². The molecule has 20 heavy (non-hydrogen) atoms. The van der Waals surface area contributed by atoms with Crippen molar-refractivity contribution in [3.05, 3.63) is 50.5 Å². The van der Waals surface area contributed by atoms with Gasteiger partial charge < -0.3 is 5.32 Å². The third kappa shape index (κ3) is 2.95. The summed E-state index contributed by atoms with van der Waals surface area (Å²) in [7, 11) is 1.93. The third-order valence-corrected chi connectivity index (χ3v) is 4.63. The molecular weight excluding hydrogens is 361 g/mol. The lowest BCUT2D eigenvalue weighted by Crippen LogP contribution is -2.07. The third-order valence-electron chi connectivity index (χ3n) is 3.57. The standard InChI is InChI=1S/C16H18IN3/c1-10-4-3-5-11(8-10)9-13-19-15(12-6-7-12)14(17)16(18-2)20-13/h3-5,8,12H,6-7,9H2,1-2H3,(H,18,19,20). The number of aryl methyl sites for hydroxylation is 1. The van der Waals surface area contributed by atoms with Gasteiger partial charge in [-0.05, 0) is 47.9 Å². The zero-order chi connectivity index (χ0) is 14.1. The zero-order valence-electron chi connectivity index (χ0n) is 11.8. The number of benzene rings is 1. The molecule has 1 heterocycles. The molecule has 1 aliphatic carbocycles. The number of halogens is 1. The summed E-state index contributed by atoms with van der Waals surface area (Å²) in [5.41, 5.74) is 3.78. The van der Waals surface area contributed by atoms with Crippen molar-refractivity contribution in [1.82, 2.24) is 9.97 Å². The summed E-state index contributed by atoms with van der Waals surface area (Å²) in [6.45, 7) is 2.12. The second-order valence-electron chi connectivity index (χ2n) is 5.38. The molecule has 0 aliphatic heterocycles. The summed E-state index contributed by atoms with van der Waals surface area (Å²) >= 11 is 2.36. The van der Waals surface area contributed by atoms with Gasteiger partial charge in [-0.15, -0.1) is 0 Å². The van der Waals surface area contributed by atoms with Crippen LogP contribution in [0.2, 0.25) is 0 Å². The largest absolute Gasteiger partial charge is 0.372 e. The van der Waals surface area contributed by atoms with Crippen LogP contribution in [0.3, 0.4) is 0 Å². The molecule has 0 amide bonds. The van der Waals surface area contributed by atoms with Crippen LogP contribution in [0.1, 0.15) is 41.4 Å².